The zero-order valence-corrected chi connectivity index (χ0v) is 13.8. The maximum atomic E-state index is 12.2. The SMILES string of the molecule is COC(=O)c1ccc(C(=O)Nc2nnc(-c3cc(C)nn3C)o2)cc1. The Labute approximate surface area is 142 Å². The molecule has 1 amide bonds. The molecule has 3 rings (SSSR count). The van der Waals surface area contributed by atoms with Gasteiger partial charge in [-0.3, -0.25) is 14.8 Å². The van der Waals surface area contributed by atoms with Crippen LogP contribution in [0.25, 0.3) is 11.6 Å². The van der Waals surface area contributed by atoms with E-state index >= 15 is 0 Å². The topological polar surface area (TPSA) is 112 Å². The molecular weight excluding hydrogens is 326 g/mol. The van der Waals surface area contributed by atoms with E-state index in [2.05, 4.69) is 25.3 Å². The van der Waals surface area contributed by atoms with Gasteiger partial charge in [-0.05, 0) is 37.3 Å². The van der Waals surface area contributed by atoms with Crippen LogP contribution in [-0.4, -0.2) is 39.0 Å². The summed E-state index contributed by atoms with van der Waals surface area (Å²) >= 11 is 0. The van der Waals surface area contributed by atoms with Crippen molar-refractivity contribution in [2.45, 2.75) is 6.92 Å². The van der Waals surface area contributed by atoms with Crippen molar-refractivity contribution in [2.24, 2.45) is 7.05 Å². The predicted molar refractivity (Wildman–Crippen MR) is 87.0 cm³/mol. The molecule has 0 saturated carbocycles. The molecule has 2 heterocycles. The van der Waals surface area contributed by atoms with Crippen LogP contribution in [0.4, 0.5) is 6.01 Å². The molecule has 2 aromatic heterocycles. The molecule has 1 N–H and O–H groups in total. The Balaban J connectivity index is 1.73. The third-order valence-corrected chi connectivity index (χ3v) is 3.43. The minimum absolute atomic E-state index is 0.0316. The minimum Gasteiger partial charge on any atom is -0.465 e. The number of esters is 1. The Bertz CT molecular complexity index is 926. The molecule has 0 saturated heterocycles. The van der Waals surface area contributed by atoms with Gasteiger partial charge in [0.2, 0.25) is 0 Å². The van der Waals surface area contributed by atoms with Crippen LogP contribution in [0, 0.1) is 6.92 Å². The van der Waals surface area contributed by atoms with E-state index in [4.69, 9.17) is 4.42 Å². The van der Waals surface area contributed by atoms with Gasteiger partial charge < -0.3 is 9.15 Å². The molecule has 0 aliphatic carbocycles. The van der Waals surface area contributed by atoms with E-state index in [1.807, 2.05) is 6.92 Å². The number of anilines is 1. The van der Waals surface area contributed by atoms with Crippen LogP contribution in [0.2, 0.25) is 0 Å². The van der Waals surface area contributed by atoms with Gasteiger partial charge in [0.15, 0.2) is 0 Å². The number of hydrogen-bond acceptors (Lipinski definition) is 7. The second kappa shape index (κ2) is 6.56. The summed E-state index contributed by atoms with van der Waals surface area (Å²) in [5, 5.41) is 14.4. The number of amides is 1. The third-order valence-electron chi connectivity index (χ3n) is 3.43. The molecular formula is C16H15N5O4. The van der Waals surface area contributed by atoms with Crippen molar-refractivity contribution in [1.29, 1.82) is 0 Å². The normalized spacial score (nSPS) is 10.5. The van der Waals surface area contributed by atoms with Crippen LogP contribution in [0.1, 0.15) is 26.4 Å². The van der Waals surface area contributed by atoms with Crippen molar-refractivity contribution in [1.82, 2.24) is 20.0 Å². The Hall–Kier alpha value is -3.49. The first-order chi connectivity index (χ1) is 12.0. The van der Waals surface area contributed by atoms with E-state index in [-0.39, 0.29) is 11.9 Å². The van der Waals surface area contributed by atoms with E-state index in [1.54, 1.807) is 17.8 Å². The Morgan fingerprint density at radius 2 is 1.84 bits per heavy atom. The van der Waals surface area contributed by atoms with Gasteiger partial charge in [-0.1, -0.05) is 5.10 Å². The third kappa shape index (κ3) is 3.39. The van der Waals surface area contributed by atoms with Crippen LogP contribution in [0.5, 0.6) is 0 Å². The number of carbonyl (C=O) groups is 2. The van der Waals surface area contributed by atoms with Crippen molar-refractivity contribution in [3.8, 4) is 11.6 Å². The average molecular weight is 341 g/mol. The fraction of sp³-hybridized carbons (Fsp3) is 0.188. The number of carbonyl (C=O) groups excluding carboxylic acids is 2. The molecule has 0 bridgehead atoms. The van der Waals surface area contributed by atoms with Gasteiger partial charge in [-0.25, -0.2) is 4.79 Å². The number of methoxy groups -OCH3 is 1. The lowest BCUT2D eigenvalue weighted by Crippen LogP contribution is -2.12. The molecule has 0 atom stereocenters. The molecule has 3 aromatic rings. The molecule has 0 fully saturated rings. The molecule has 0 radical (unpaired) electrons. The maximum Gasteiger partial charge on any atom is 0.337 e. The number of benzene rings is 1. The van der Waals surface area contributed by atoms with Crippen molar-refractivity contribution < 1.29 is 18.7 Å². The summed E-state index contributed by atoms with van der Waals surface area (Å²) in [5.74, 6) is -0.660. The highest BCUT2D eigenvalue weighted by molar-refractivity contribution is 6.03. The highest BCUT2D eigenvalue weighted by atomic mass is 16.5. The van der Waals surface area contributed by atoms with Gasteiger partial charge in [0.1, 0.15) is 5.69 Å². The van der Waals surface area contributed by atoms with Crippen molar-refractivity contribution in [3.63, 3.8) is 0 Å². The second-order valence-corrected chi connectivity index (χ2v) is 5.23. The smallest absolute Gasteiger partial charge is 0.337 e. The van der Waals surface area contributed by atoms with E-state index in [9.17, 15) is 9.59 Å². The number of aromatic nitrogens is 4. The highest BCUT2D eigenvalue weighted by Crippen LogP contribution is 2.20. The number of rotatable bonds is 4. The summed E-state index contributed by atoms with van der Waals surface area (Å²) in [4.78, 5) is 23.6. The molecule has 128 valence electrons. The summed E-state index contributed by atoms with van der Waals surface area (Å²) in [6, 6.07) is 7.77. The number of nitrogens with zero attached hydrogens (tertiary/aromatic N) is 4. The lowest BCUT2D eigenvalue weighted by molar-refractivity contribution is 0.0600. The van der Waals surface area contributed by atoms with Crippen LogP contribution < -0.4 is 5.32 Å². The van der Waals surface area contributed by atoms with Crippen LogP contribution in [0.3, 0.4) is 0 Å². The van der Waals surface area contributed by atoms with E-state index < -0.39 is 11.9 Å². The minimum atomic E-state index is -0.472. The number of ether oxygens (including phenoxy) is 1. The summed E-state index contributed by atoms with van der Waals surface area (Å²) < 4.78 is 11.7. The van der Waals surface area contributed by atoms with E-state index in [0.29, 0.717) is 16.8 Å². The van der Waals surface area contributed by atoms with E-state index in [0.717, 1.165) is 5.69 Å². The molecule has 0 spiro atoms. The second-order valence-electron chi connectivity index (χ2n) is 5.23. The highest BCUT2D eigenvalue weighted by Gasteiger charge is 2.16. The largest absolute Gasteiger partial charge is 0.465 e. The lowest BCUT2D eigenvalue weighted by Gasteiger charge is -2.02. The summed E-state index contributed by atoms with van der Waals surface area (Å²) in [6.07, 6.45) is 0. The number of aryl methyl sites for hydroxylation is 2. The molecule has 0 aliphatic heterocycles. The number of hydrogen-bond donors (Lipinski definition) is 1. The first-order valence-corrected chi connectivity index (χ1v) is 7.32. The fourth-order valence-electron chi connectivity index (χ4n) is 2.23. The van der Waals surface area contributed by atoms with Crippen LogP contribution in [0.15, 0.2) is 34.7 Å². The Morgan fingerprint density at radius 1 is 1.16 bits per heavy atom. The first-order valence-electron chi connectivity index (χ1n) is 7.32. The quantitative estimate of drug-likeness (QED) is 0.720. The van der Waals surface area contributed by atoms with Crippen LogP contribution >= 0.6 is 0 Å². The van der Waals surface area contributed by atoms with Gasteiger partial charge in [0.05, 0.1) is 18.4 Å². The maximum absolute atomic E-state index is 12.2. The summed E-state index contributed by atoms with van der Waals surface area (Å²) in [7, 11) is 3.05. The van der Waals surface area contributed by atoms with Gasteiger partial charge >= 0.3 is 12.0 Å². The van der Waals surface area contributed by atoms with Gasteiger partial charge in [-0.2, -0.15) is 5.10 Å². The lowest BCUT2D eigenvalue weighted by atomic mass is 10.1. The van der Waals surface area contributed by atoms with Crippen molar-refractivity contribution in [2.75, 3.05) is 12.4 Å². The molecule has 0 unspecified atom stereocenters. The number of nitrogens with one attached hydrogen (secondary N) is 1. The standard InChI is InChI=1S/C16H15N5O4/c1-9-8-12(21(2)20-9)14-18-19-16(25-14)17-13(22)10-4-6-11(7-5-10)15(23)24-3/h4-8H,1-3H3,(H,17,19,22). The molecule has 9 nitrogen and oxygen atoms in total. The first kappa shape index (κ1) is 16.4. The molecule has 25 heavy (non-hydrogen) atoms. The zero-order chi connectivity index (χ0) is 18.0. The molecule has 9 heteroatoms. The van der Waals surface area contributed by atoms with Gasteiger partial charge in [0, 0.05) is 12.6 Å². The van der Waals surface area contributed by atoms with E-state index in [1.165, 1.54) is 31.4 Å². The Kier molecular flexibility index (Phi) is 4.29. The predicted octanol–water partition coefficient (Wildman–Crippen LogP) is 1.82. The van der Waals surface area contributed by atoms with Gasteiger partial charge in [-0.15, -0.1) is 5.10 Å². The average Bonchev–Trinajstić information content (AvgIpc) is 3.20. The molecule has 1 aromatic carbocycles. The summed E-state index contributed by atoms with van der Waals surface area (Å²) in [6.45, 7) is 1.85. The molecule has 0 aliphatic rings. The van der Waals surface area contributed by atoms with Crippen molar-refractivity contribution >= 4 is 17.9 Å². The zero-order valence-electron chi connectivity index (χ0n) is 13.8. The summed E-state index contributed by atoms with van der Waals surface area (Å²) in [5.41, 5.74) is 2.15. The monoisotopic (exact) mass is 341 g/mol. The Morgan fingerprint density at radius 3 is 2.44 bits per heavy atom. The van der Waals surface area contributed by atoms with Crippen molar-refractivity contribution in [3.05, 3.63) is 47.2 Å². The van der Waals surface area contributed by atoms with Gasteiger partial charge in [0.25, 0.3) is 11.8 Å². The van der Waals surface area contributed by atoms with Crippen LogP contribution in [-0.2, 0) is 11.8 Å². The fourth-order valence-corrected chi connectivity index (χ4v) is 2.23.